The molecule has 3 heteroatoms. The first-order chi connectivity index (χ1) is 6.75. The molecule has 1 aliphatic rings. The van der Waals surface area contributed by atoms with Crippen LogP contribution >= 0.6 is 0 Å². The summed E-state index contributed by atoms with van der Waals surface area (Å²) in [5.74, 6) is -0.504. The molecule has 0 aliphatic carbocycles. The van der Waals surface area contributed by atoms with Gasteiger partial charge >= 0.3 is 0 Å². The quantitative estimate of drug-likeness (QED) is 0.529. The molecule has 0 radical (unpaired) electrons. The van der Waals surface area contributed by atoms with E-state index in [9.17, 15) is 9.59 Å². The predicted octanol–water partition coefficient (Wildman–Crippen LogP) is 1.12. The second-order valence-electron chi connectivity index (χ2n) is 3.13. The molecule has 1 aromatic rings. The molecule has 0 bridgehead atoms. The first kappa shape index (κ1) is 8.69. The molecule has 14 heavy (non-hydrogen) atoms. The maximum atomic E-state index is 11.2. The van der Waals surface area contributed by atoms with E-state index < -0.39 is 0 Å². The zero-order chi connectivity index (χ0) is 9.97. The highest BCUT2D eigenvalue weighted by Gasteiger charge is 2.23. The van der Waals surface area contributed by atoms with Crippen LogP contribution in [0.1, 0.15) is 12.0 Å². The Bertz CT molecular complexity index is 407. The Hall–Kier alpha value is -1.90. The van der Waals surface area contributed by atoms with E-state index in [1.165, 1.54) is 0 Å². The van der Waals surface area contributed by atoms with Gasteiger partial charge in [0.1, 0.15) is 0 Å². The molecule has 2 rings (SSSR count). The second kappa shape index (κ2) is 3.46. The van der Waals surface area contributed by atoms with Crippen LogP contribution in [0.25, 0.3) is 6.08 Å². The first-order valence-electron chi connectivity index (χ1n) is 4.35. The van der Waals surface area contributed by atoms with Crippen LogP contribution in [-0.2, 0) is 9.59 Å². The van der Waals surface area contributed by atoms with Gasteiger partial charge in [-0.05, 0) is 11.6 Å². The molecule has 70 valence electrons. The van der Waals surface area contributed by atoms with Gasteiger partial charge in [-0.1, -0.05) is 30.3 Å². The number of imide groups is 1. The fourth-order valence-corrected chi connectivity index (χ4v) is 1.37. The van der Waals surface area contributed by atoms with E-state index in [0.29, 0.717) is 5.57 Å². The topological polar surface area (TPSA) is 46.2 Å². The van der Waals surface area contributed by atoms with Crippen LogP contribution in [0.3, 0.4) is 0 Å². The van der Waals surface area contributed by atoms with E-state index in [0.717, 1.165) is 5.56 Å². The van der Waals surface area contributed by atoms with Gasteiger partial charge in [0.15, 0.2) is 0 Å². The van der Waals surface area contributed by atoms with Gasteiger partial charge in [0.2, 0.25) is 5.91 Å². The van der Waals surface area contributed by atoms with Gasteiger partial charge < -0.3 is 0 Å². The van der Waals surface area contributed by atoms with Gasteiger partial charge in [-0.2, -0.15) is 0 Å². The van der Waals surface area contributed by atoms with Gasteiger partial charge in [0, 0.05) is 5.57 Å². The minimum Gasteiger partial charge on any atom is -0.292 e. The minimum atomic E-state index is -0.279. The summed E-state index contributed by atoms with van der Waals surface area (Å²) in [6.07, 6.45) is 1.92. The second-order valence-corrected chi connectivity index (χ2v) is 3.13. The molecule has 0 atom stereocenters. The number of benzene rings is 1. The van der Waals surface area contributed by atoms with Gasteiger partial charge in [-0.15, -0.1) is 0 Å². The zero-order valence-corrected chi connectivity index (χ0v) is 7.49. The highest BCUT2D eigenvalue weighted by atomic mass is 16.2. The van der Waals surface area contributed by atoms with Gasteiger partial charge in [-0.25, -0.2) is 0 Å². The van der Waals surface area contributed by atoms with Gasteiger partial charge in [0.05, 0.1) is 6.42 Å². The van der Waals surface area contributed by atoms with Crippen LogP contribution in [0.4, 0.5) is 0 Å². The van der Waals surface area contributed by atoms with Crippen molar-refractivity contribution in [3.05, 3.63) is 41.5 Å². The van der Waals surface area contributed by atoms with Crippen molar-refractivity contribution >= 4 is 17.9 Å². The fraction of sp³-hybridized carbons (Fsp3) is 0.0909. The van der Waals surface area contributed by atoms with Crippen LogP contribution in [0.15, 0.2) is 35.9 Å². The van der Waals surface area contributed by atoms with Crippen LogP contribution in [0.2, 0.25) is 0 Å². The molecule has 0 spiro atoms. The van der Waals surface area contributed by atoms with Crippen molar-refractivity contribution in [2.75, 3.05) is 0 Å². The molecule has 1 N–H and O–H groups in total. The average Bonchev–Trinajstić information content (AvgIpc) is 2.47. The number of carbonyl (C=O) groups is 2. The van der Waals surface area contributed by atoms with Crippen molar-refractivity contribution in [2.45, 2.75) is 6.42 Å². The highest BCUT2D eigenvalue weighted by molar-refractivity contribution is 6.15. The van der Waals surface area contributed by atoms with Crippen LogP contribution < -0.4 is 5.32 Å². The van der Waals surface area contributed by atoms with Crippen molar-refractivity contribution in [1.29, 1.82) is 0 Å². The third-order valence-corrected chi connectivity index (χ3v) is 2.04. The Morgan fingerprint density at radius 2 is 1.86 bits per heavy atom. The highest BCUT2D eigenvalue weighted by Crippen LogP contribution is 2.13. The van der Waals surface area contributed by atoms with Crippen molar-refractivity contribution < 1.29 is 9.59 Å². The number of hydrogen-bond acceptors (Lipinski definition) is 2. The molecule has 1 fully saturated rings. The lowest BCUT2D eigenvalue weighted by molar-refractivity contribution is -0.124. The monoisotopic (exact) mass is 187 g/mol. The average molecular weight is 187 g/mol. The largest absolute Gasteiger partial charge is 0.292 e. The van der Waals surface area contributed by atoms with E-state index in [1.54, 1.807) is 6.08 Å². The van der Waals surface area contributed by atoms with E-state index >= 15 is 0 Å². The Labute approximate surface area is 81.4 Å². The Morgan fingerprint density at radius 3 is 2.43 bits per heavy atom. The molecule has 1 aliphatic heterocycles. The fourth-order valence-electron chi connectivity index (χ4n) is 1.37. The molecule has 0 saturated carbocycles. The molecular formula is C11H9NO2. The molecule has 1 saturated heterocycles. The summed E-state index contributed by atoms with van der Waals surface area (Å²) in [4.78, 5) is 22.1. The standard InChI is InChI=1S/C11H9NO2/c13-10-7-9(11(14)12-10)6-8-4-2-1-3-5-8/h1-6H,7H2,(H,12,13,14)/b9-6+. The Kier molecular flexibility index (Phi) is 2.14. The molecule has 1 aromatic carbocycles. The van der Waals surface area contributed by atoms with Gasteiger partial charge in [0.25, 0.3) is 5.91 Å². The van der Waals surface area contributed by atoms with Crippen molar-refractivity contribution in [3.63, 3.8) is 0 Å². The van der Waals surface area contributed by atoms with Crippen LogP contribution in [0.5, 0.6) is 0 Å². The molecule has 2 amide bonds. The third kappa shape index (κ3) is 1.71. The number of rotatable bonds is 1. The third-order valence-electron chi connectivity index (χ3n) is 2.04. The number of nitrogens with one attached hydrogen (secondary N) is 1. The summed E-state index contributed by atoms with van der Waals surface area (Å²) in [5, 5.41) is 2.24. The van der Waals surface area contributed by atoms with Crippen molar-refractivity contribution in [2.24, 2.45) is 0 Å². The van der Waals surface area contributed by atoms with Crippen molar-refractivity contribution in [1.82, 2.24) is 5.32 Å². The van der Waals surface area contributed by atoms with Crippen LogP contribution in [0, 0.1) is 0 Å². The summed E-state index contributed by atoms with van der Waals surface area (Å²) >= 11 is 0. The van der Waals surface area contributed by atoms with E-state index in [4.69, 9.17) is 0 Å². The van der Waals surface area contributed by atoms with E-state index in [1.807, 2.05) is 30.3 Å². The molecule has 0 aromatic heterocycles. The smallest absolute Gasteiger partial charge is 0.254 e. The van der Waals surface area contributed by atoms with Gasteiger partial charge in [-0.3, -0.25) is 14.9 Å². The molecule has 0 unspecified atom stereocenters. The molecular weight excluding hydrogens is 178 g/mol. The van der Waals surface area contributed by atoms with E-state index in [-0.39, 0.29) is 18.2 Å². The Morgan fingerprint density at radius 1 is 1.14 bits per heavy atom. The number of amides is 2. The summed E-state index contributed by atoms with van der Waals surface area (Å²) in [5.41, 5.74) is 1.47. The lowest BCUT2D eigenvalue weighted by Gasteiger charge is -1.93. The number of carbonyl (C=O) groups excluding carboxylic acids is 2. The minimum absolute atomic E-state index is 0.188. The summed E-state index contributed by atoms with van der Waals surface area (Å²) in [6, 6.07) is 9.47. The summed E-state index contributed by atoms with van der Waals surface area (Å²) in [7, 11) is 0. The maximum Gasteiger partial charge on any atom is 0.254 e. The normalized spacial score (nSPS) is 18.7. The number of hydrogen-bond donors (Lipinski definition) is 1. The van der Waals surface area contributed by atoms with E-state index in [2.05, 4.69) is 5.32 Å². The first-order valence-corrected chi connectivity index (χ1v) is 4.35. The van der Waals surface area contributed by atoms with Crippen LogP contribution in [-0.4, -0.2) is 11.8 Å². The predicted molar refractivity (Wildman–Crippen MR) is 52.2 cm³/mol. The molecule has 3 nitrogen and oxygen atoms in total. The maximum absolute atomic E-state index is 11.2. The summed E-state index contributed by atoms with van der Waals surface area (Å²) < 4.78 is 0. The lowest BCUT2D eigenvalue weighted by atomic mass is 10.1. The lowest BCUT2D eigenvalue weighted by Crippen LogP contribution is -2.19. The SMILES string of the molecule is O=C1C/C(=C\c2ccccc2)C(=O)N1. The summed E-state index contributed by atoms with van der Waals surface area (Å²) in [6.45, 7) is 0. The Balaban J connectivity index is 2.28. The molecule has 1 heterocycles. The van der Waals surface area contributed by atoms with Crippen molar-refractivity contribution in [3.8, 4) is 0 Å². The zero-order valence-electron chi connectivity index (χ0n) is 7.49.